The molecule has 0 aliphatic carbocycles. The van der Waals surface area contributed by atoms with Crippen LogP contribution >= 0.6 is 0 Å². The molecule has 1 fully saturated rings. The van der Waals surface area contributed by atoms with Crippen LogP contribution in [0.1, 0.15) is 23.0 Å². The monoisotopic (exact) mass is 302 g/mol. The van der Waals surface area contributed by atoms with E-state index in [4.69, 9.17) is 4.74 Å². The van der Waals surface area contributed by atoms with Crippen molar-refractivity contribution >= 4 is 16.8 Å². The summed E-state index contributed by atoms with van der Waals surface area (Å²) in [7, 11) is 0. The van der Waals surface area contributed by atoms with Crippen molar-refractivity contribution in [2.75, 3.05) is 39.4 Å². The van der Waals surface area contributed by atoms with Crippen LogP contribution in [0.2, 0.25) is 0 Å². The van der Waals surface area contributed by atoms with Gasteiger partial charge in [0.15, 0.2) is 0 Å². The molecule has 2 heterocycles. The van der Waals surface area contributed by atoms with E-state index < -0.39 is 0 Å². The number of quaternary nitrogens is 1. The number of ether oxygens (including phenoxy) is 1. The molecule has 1 aliphatic heterocycles. The van der Waals surface area contributed by atoms with Gasteiger partial charge < -0.3 is 19.9 Å². The van der Waals surface area contributed by atoms with Gasteiger partial charge in [0.25, 0.3) is 5.91 Å². The number of H-pyrrole nitrogens is 1. The Morgan fingerprint density at radius 3 is 2.91 bits per heavy atom. The van der Waals surface area contributed by atoms with Crippen LogP contribution in [0.5, 0.6) is 0 Å². The Balaban J connectivity index is 1.57. The van der Waals surface area contributed by atoms with Crippen molar-refractivity contribution in [3.8, 4) is 0 Å². The summed E-state index contributed by atoms with van der Waals surface area (Å²) in [5.41, 5.74) is 2.94. The van der Waals surface area contributed by atoms with Gasteiger partial charge in [-0.1, -0.05) is 13.0 Å². The van der Waals surface area contributed by atoms with Crippen molar-refractivity contribution in [1.29, 1.82) is 0 Å². The van der Waals surface area contributed by atoms with Crippen LogP contribution < -0.4 is 10.2 Å². The van der Waals surface area contributed by atoms with Crippen molar-refractivity contribution in [3.63, 3.8) is 0 Å². The van der Waals surface area contributed by atoms with E-state index in [1.165, 1.54) is 10.5 Å². The molecule has 1 saturated heterocycles. The zero-order valence-corrected chi connectivity index (χ0v) is 13.1. The van der Waals surface area contributed by atoms with Gasteiger partial charge in [0.1, 0.15) is 18.8 Å². The molecule has 1 amide bonds. The number of hydrogen-bond acceptors (Lipinski definition) is 2. The highest BCUT2D eigenvalue weighted by molar-refractivity contribution is 5.98. The number of fused-ring (bicyclic) bond motifs is 1. The van der Waals surface area contributed by atoms with E-state index in [0.29, 0.717) is 12.2 Å². The number of rotatable bonds is 5. The molecule has 0 saturated carbocycles. The first-order chi connectivity index (χ1) is 10.8. The Kier molecular flexibility index (Phi) is 4.75. The molecule has 3 rings (SSSR count). The molecule has 2 aromatic rings. The number of aromatic amines is 1. The predicted molar refractivity (Wildman–Crippen MR) is 86.4 cm³/mol. The third-order valence-electron chi connectivity index (χ3n) is 4.30. The minimum atomic E-state index is -0.0260. The van der Waals surface area contributed by atoms with Crippen LogP contribution in [0.15, 0.2) is 24.3 Å². The molecule has 5 nitrogen and oxygen atoms in total. The highest BCUT2D eigenvalue weighted by Gasteiger charge is 2.14. The molecule has 0 unspecified atom stereocenters. The van der Waals surface area contributed by atoms with Crippen molar-refractivity contribution in [2.24, 2.45) is 0 Å². The van der Waals surface area contributed by atoms with Gasteiger partial charge in [-0.2, -0.15) is 0 Å². The zero-order chi connectivity index (χ0) is 15.4. The first kappa shape index (κ1) is 15.1. The number of carbonyl (C=O) groups excluding carboxylic acids is 1. The summed E-state index contributed by atoms with van der Waals surface area (Å²) >= 11 is 0. The van der Waals surface area contributed by atoms with Crippen LogP contribution in [-0.2, 0) is 11.2 Å². The van der Waals surface area contributed by atoms with Gasteiger partial charge in [0.05, 0.1) is 26.3 Å². The molecule has 5 heteroatoms. The third kappa shape index (κ3) is 3.48. The van der Waals surface area contributed by atoms with Gasteiger partial charge in [-0.05, 0) is 30.2 Å². The zero-order valence-electron chi connectivity index (χ0n) is 13.1. The van der Waals surface area contributed by atoms with Gasteiger partial charge >= 0.3 is 0 Å². The maximum Gasteiger partial charge on any atom is 0.267 e. The summed E-state index contributed by atoms with van der Waals surface area (Å²) < 4.78 is 5.34. The van der Waals surface area contributed by atoms with E-state index in [2.05, 4.69) is 29.4 Å². The summed E-state index contributed by atoms with van der Waals surface area (Å²) in [6, 6.07) is 8.22. The number of nitrogens with one attached hydrogen (secondary N) is 3. The molecular formula is C17H24N3O2+. The molecule has 3 N–H and O–H groups in total. The fourth-order valence-corrected chi connectivity index (χ4v) is 2.88. The number of morpholine rings is 1. The fourth-order valence-electron chi connectivity index (χ4n) is 2.88. The molecule has 0 bridgehead atoms. The predicted octanol–water partition coefficient (Wildman–Crippen LogP) is 0.375. The summed E-state index contributed by atoms with van der Waals surface area (Å²) in [4.78, 5) is 16.9. The number of carbonyl (C=O) groups is 1. The van der Waals surface area contributed by atoms with E-state index in [0.717, 1.165) is 50.2 Å². The molecule has 22 heavy (non-hydrogen) atoms. The fraction of sp³-hybridized carbons (Fsp3) is 0.471. The lowest BCUT2D eigenvalue weighted by Gasteiger charge is -2.23. The van der Waals surface area contributed by atoms with Crippen molar-refractivity contribution < 1.29 is 14.4 Å². The maximum atomic E-state index is 12.2. The van der Waals surface area contributed by atoms with E-state index >= 15 is 0 Å². The first-order valence-electron chi connectivity index (χ1n) is 8.07. The Hall–Kier alpha value is -1.85. The average Bonchev–Trinajstić information content (AvgIpc) is 2.99. The first-order valence-corrected chi connectivity index (χ1v) is 8.07. The van der Waals surface area contributed by atoms with Gasteiger partial charge in [0, 0.05) is 10.9 Å². The van der Waals surface area contributed by atoms with Gasteiger partial charge in [0.2, 0.25) is 0 Å². The number of hydrogen-bond donors (Lipinski definition) is 3. The van der Waals surface area contributed by atoms with Gasteiger partial charge in [-0.15, -0.1) is 0 Å². The Morgan fingerprint density at radius 1 is 1.32 bits per heavy atom. The average molecular weight is 302 g/mol. The lowest BCUT2D eigenvalue weighted by atomic mass is 10.1. The smallest absolute Gasteiger partial charge is 0.267 e. The summed E-state index contributed by atoms with van der Waals surface area (Å²) in [6.07, 6.45) is 1.00. The number of benzene rings is 1. The number of aryl methyl sites for hydroxylation is 1. The van der Waals surface area contributed by atoms with Crippen LogP contribution in [0.4, 0.5) is 0 Å². The van der Waals surface area contributed by atoms with Crippen LogP contribution in [0, 0.1) is 0 Å². The lowest BCUT2D eigenvalue weighted by molar-refractivity contribution is -0.906. The molecule has 1 aromatic heterocycles. The number of amides is 1. The second-order valence-electron chi connectivity index (χ2n) is 5.83. The Bertz CT molecular complexity index is 644. The molecule has 0 spiro atoms. The maximum absolute atomic E-state index is 12.2. The van der Waals surface area contributed by atoms with Crippen LogP contribution in [-0.4, -0.2) is 50.3 Å². The van der Waals surface area contributed by atoms with E-state index in [-0.39, 0.29) is 5.91 Å². The van der Waals surface area contributed by atoms with Crippen molar-refractivity contribution in [1.82, 2.24) is 10.3 Å². The lowest BCUT2D eigenvalue weighted by Crippen LogP contribution is -3.14. The summed E-state index contributed by atoms with van der Waals surface area (Å²) in [5.74, 6) is -0.0260. The largest absolute Gasteiger partial charge is 0.370 e. The second kappa shape index (κ2) is 6.94. The van der Waals surface area contributed by atoms with E-state index in [9.17, 15) is 4.79 Å². The molecular weight excluding hydrogens is 278 g/mol. The van der Waals surface area contributed by atoms with Crippen molar-refractivity contribution in [3.05, 3.63) is 35.5 Å². The summed E-state index contributed by atoms with van der Waals surface area (Å²) in [6.45, 7) is 7.49. The minimum absolute atomic E-state index is 0.0260. The molecule has 0 atom stereocenters. The molecule has 1 aromatic carbocycles. The molecule has 0 radical (unpaired) electrons. The highest BCUT2D eigenvalue weighted by atomic mass is 16.5. The minimum Gasteiger partial charge on any atom is -0.370 e. The van der Waals surface area contributed by atoms with E-state index in [1.54, 1.807) is 0 Å². The Morgan fingerprint density at radius 2 is 2.14 bits per heavy atom. The van der Waals surface area contributed by atoms with Crippen LogP contribution in [0.3, 0.4) is 0 Å². The van der Waals surface area contributed by atoms with Crippen LogP contribution in [0.25, 0.3) is 10.9 Å². The third-order valence-corrected chi connectivity index (χ3v) is 4.30. The van der Waals surface area contributed by atoms with Crippen molar-refractivity contribution in [2.45, 2.75) is 13.3 Å². The molecule has 118 valence electrons. The highest BCUT2D eigenvalue weighted by Crippen LogP contribution is 2.17. The SMILES string of the molecule is CCc1ccc2[nH]c(C(=O)NCC[NH+]3CCOCC3)cc2c1. The van der Waals surface area contributed by atoms with E-state index in [1.807, 2.05) is 12.1 Å². The molecule has 1 aliphatic rings. The normalized spacial score (nSPS) is 16.0. The topological polar surface area (TPSA) is 58.6 Å². The summed E-state index contributed by atoms with van der Waals surface area (Å²) in [5, 5.41) is 4.10. The Labute approximate surface area is 130 Å². The second-order valence-corrected chi connectivity index (χ2v) is 5.83. The van der Waals surface area contributed by atoms with Gasteiger partial charge in [-0.3, -0.25) is 4.79 Å². The number of aromatic nitrogens is 1. The standard InChI is InChI=1S/C17H23N3O2/c1-2-13-3-4-15-14(11-13)12-16(19-15)17(21)18-5-6-20-7-9-22-10-8-20/h3-4,11-12,19H,2,5-10H2,1H3,(H,18,21)/p+1. The quantitative estimate of drug-likeness (QED) is 0.748. The van der Waals surface area contributed by atoms with Gasteiger partial charge in [-0.25, -0.2) is 0 Å².